The summed E-state index contributed by atoms with van der Waals surface area (Å²) in [5.41, 5.74) is 10.1. The van der Waals surface area contributed by atoms with Gasteiger partial charge in [0.15, 0.2) is 5.78 Å². The molecule has 0 bridgehead atoms. The van der Waals surface area contributed by atoms with Crippen LogP contribution in [0.2, 0.25) is 0 Å². The van der Waals surface area contributed by atoms with E-state index in [1.165, 1.54) is 12.5 Å². The van der Waals surface area contributed by atoms with Crippen LogP contribution in [0.1, 0.15) is 34.0 Å². The Balaban J connectivity index is 2.43. The molecule has 2 aromatic carbocycles. The van der Waals surface area contributed by atoms with Crippen molar-refractivity contribution in [2.75, 3.05) is 5.73 Å². The molecule has 3 heteroatoms. The zero-order chi connectivity index (χ0) is 14.9. The van der Waals surface area contributed by atoms with Gasteiger partial charge in [-0.3, -0.25) is 4.79 Å². The number of nitrogens with two attached hydrogens (primary N) is 1. The summed E-state index contributed by atoms with van der Waals surface area (Å²) in [7, 11) is 0. The molecule has 2 rings (SSSR count). The van der Waals surface area contributed by atoms with Crippen molar-refractivity contribution >= 4 is 11.5 Å². The maximum Gasteiger partial charge on any atom is 0.162 e. The number of hydrogen-bond donors (Lipinski definition) is 1. The minimum absolute atomic E-state index is 0.0642. The predicted octanol–water partition coefficient (Wildman–Crippen LogP) is 4.19. The quantitative estimate of drug-likeness (QED) is 0.671. The topological polar surface area (TPSA) is 52.3 Å². The highest BCUT2D eigenvalue weighted by Crippen LogP contribution is 2.32. The van der Waals surface area contributed by atoms with Crippen molar-refractivity contribution in [3.8, 4) is 11.5 Å². The molecule has 0 atom stereocenters. The van der Waals surface area contributed by atoms with E-state index >= 15 is 0 Å². The van der Waals surface area contributed by atoms with E-state index in [1.807, 2.05) is 26.8 Å². The number of benzene rings is 2. The molecule has 0 aromatic heterocycles. The molecule has 0 aliphatic heterocycles. The van der Waals surface area contributed by atoms with Crippen molar-refractivity contribution in [1.82, 2.24) is 0 Å². The van der Waals surface area contributed by atoms with Gasteiger partial charge < -0.3 is 10.5 Å². The van der Waals surface area contributed by atoms with E-state index in [0.717, 1.165) is 16.9 Å². The van der Waals surface area contributed by atoms with E-state index in [9.17, 15) is 4.79 Å². The molecule has 0 fully saturated rings. The van der Waals surface area contributed by atoms with Crippen LogP contribution in [0.15, 0.2) is 30.3 Å². The molecule has 0 spiro atoms. The van der Waals surface area contributed by atoms with Gasteiger partial charge in [-0.1, -0.05) is 12.1 Å². The smallest absolute Gasteiger partial charge is 0.162 e. The molecule has 104 valence electrons. The summed E-state index contributed by atoms with van der Waals surface area (Å²) in [4.78, 5) is 11.5. The molecule has 2 aromatic rings. The first kappa shape index (κ1) is 14.1. The molecule has 20 heavy (non-hydrogen) atoms. The van der Waals surface area contributed by atoms with Crippen molar-refractivity contribution < 1.29 is 9.53 Å². The number of ketones is 1. The summed E-state index contributed by atoms with van der Waals surface area (Å²) < 4.78 is 5.96. The minimum atomic E-state index is -0.0642. The van der Waals surface area contributed by atoms with Gasteiger partial charge in [-0.2, -0.15) is 0 Å². The maximum absolute atomic E-state index is 11.5. The molecule has 0 radical (unpaired) electrons. The Kier molecular flexibility index (Phi) is 3.79. The van der Waals surface area contributed by atoms with Crippen LogP contribution < -0.4 is 10.5 Å². The average Bonchev–Trinajstić information content (AvgIpc) is 2.40. The molecule has 3 nitrogen and oxygen atoms in total. The monoisotopic (exact) mass is 269 g/mol. The van der Waals surface area contributed by atoms with Gasteiger partial charge in [0.25, 0.3) is 0 Å². The van der Waals surface area contributed by atoms with Crippen LogP contribution in [-0.4, -0.2) is 5.78 Å². The second-order valence-electron chi connectivity index (χ2n) is 5.06. The van der Waals surface area contributed by atoms with Crippen LogP contribution >= 0.6 is 0 Å². The van der Waals surface area contributed by atoms with Crippen molar-refractivity contribution in [3.05, 3.63) is 52.6 Å². The minimum Gasteiger partial charge on any atom is -0.457 e. The van der Waals surface area contributed by atoms with Crippen LogP contribution in [0.4, 0.5) is 5.69 Å². The third kappa shape index (κ3) is 2.67. The molecule has 0 aliphatic carbocycles. The van der Waals surface area contributed by atoms with E-state index in [-0.39, 0.29) is 5.78 Å². The summed E-state index contributed by atoms with van der Waals surface area (Å²) in [5.74, 6) is 1.40. The van der Waals surface area contributed by atoms with Crippen LogP contribution in [0.5, 0.6) is 11.5 Å². The fourth-order valence-corrected chi connectivity index (χ4v) is 2.10. The number of rotatable bonds is 3. The Labute approximate surface area is 119 Å². The number of carbonyl (C=O) groups excluding carboxylic acids is 1. The van der Waals surface area contributed by atoms with E-state index in [0.29, 0.717) is 17.0 Å². The lowest BCUT2D eigenvalue weighted by Crippen LogP contribution is -2.00. The zero-order valence-corrected chi connectivity index (χ0v) is 12.3. The fraction of sp³-hybridized carbons (Fsp3) is 0.235. The molecule has 0 saturated carbocycles. The fourth-order valence-electron chi connectivity index (χ4n) is 2.10. The van der Waals surface area contributed by atoms with Gasteiger partial charge in [0.1, 0.15) is 11.5 Å². The number of hydrogen-bond acceptors (Lipinski definition) is 3. The van der Waals surface area contributed by atoms with E-state index in [2.05, 4.69) is 6.07 Å². The van der Waals surface area contributed by atoms with Crippen LogP contribution in [0.25, 0.3) is 0 Å². The highest BCUT2D eigenvalue weighted by Gasteiger charge is 2.10. The van der Waals surface area contributed by atoms with Gasteiger partial charge in [0, 0.05) is 11.3 Å². The summed E-state index contributed by atoms with van der Waals surface area (Å²) in [5, 5.41) is 0. The molecule has 0 heterocycles. The number of Topliss-reactive ketones (excluding diaryl/α,β-unsaturated/α-hetero) is 1. The van der Waals surface area contributed by atoms with Crippen LogP contribution in [0, 0.1) is 20.8 Å². The van der Waals surface area contributed by atoms with Gasteiger partial charge in [0.2, 0.25) is 0 Å². The average molecular weight is 269 g/mol. The Hall–Kier alpha value is -2.29. The molecular formula is C17H19NO2. The number of aryl methyl sites for hydroxylation is 2. The lowest BCUT2D eigenvalue weighted by atomic mass is 10.1. The third-order valence-electron chi connectivity index (χ3n) is 3.50. The molecule has 2 N–H and O–H groups in total. The summed E-state index contributed by atoms with van der Waals surface area (Å²) in [6.07, 6.45) is 0. The van der Waals surface area contributed by atoms with Gasteiger partial charge in [-0.05, 0) is 62.6 Å². The van der Waals surface area contributed by atoms with Gasteiger partial charge in [-0.15, -0.1) is 0 Å². The Bertz CT molecular complexity index is 675. The number of anilines is 1. The van der Waals surface area contributed by atoms with E-state index in [1.54, 1.807) is 18.2 Å². The zero-order valence-electron chi connectivity index (χ0n) is 12.3. The largest absolute Gasteiger partial charge is 0.457 e. The van der Waals surface area contributed by atoms with Gasteiger partial charge in [0.05, 0.1) is 0 Å². The first-order valence-corrected chi connectivity index (χ1v) is 6.55. The Morgan fingerprint density at radius 3 is 2.35 bits per heavy atom. The van der Waals surface area contributed by atoms with Gasteiger partial charge in [-0.25, -0.2) is 0 Å². The number of nitrogen functional groups attached to an aromatic ring is 1. The van der Waals surface area contributed by atoms with E-state index in [4.69, 9.17) is 10.5 Å². The molecular weight excluding hydrogens is 250 g/mol. The summed E-state index contributed by atoms with van der Waals surface area (Å²) in [6.45, 7) is 7.58. The summed E-state index contributed by atoms with van der Waals surface area (Å²) in [6, 6.07) is 9.27. The van der Waals surface area contributed by atoms with Crippen molar-refractivity contribution in [2.45, 2.75) is 27.7 Å². The standard InChI is InChI=1S/C17H19NO2/c1-10-5-6-11(2)17(12(10)3)20-14-7-8-16(18)15(9-14)13(4)19/h5-9H,18H2,1-4H3. The summed E-state index contributed by atoms with van der Waals surface area (Å²) >= 11 is 0. The third-order valence-corrected chi connectivity index (χ3v) is 3.50. The number of carbonyl (C=O) groups is 1. The first-order valence-electron chi connectivity index (χ1n) is 6.55. The Morgan fingerprint density at radius 1 is 1.05 bits per heavy atom. The van der Waals surface area contributed by atoms with E-state index < -0.39 is 0 Å². The second kappa shape index (κ2) is 5.37. The highest BCUT2D eigenvalue weighted by atomic mass is 16.5. The van der Waals surface area contributed by atoms with Crippen molar-refractivity contribution in [2.24, 2.45) is 0 Å². The molecule has 0 amide bonds. The van der Waals surface area contributed by atoms with Crippen molar-refractivity contribution in [1.29, 1.82) is 0 Å². The highest BCUT2D eigenvalue weighted by molar-refractivity contribution is 5.99. The van der Waals surface area contributed by atoms with Crippen LogP contribution in [0.3, 0.4) is 0 Å². The molecule has 0 aliphatic rings. The predicted molar refractivity (Wildman–Crippen MR) is 81.6 cm³/mol. The van der Waals surface area contributed by atoms with Crippen LogP contribution in [-0.2, 0) is 0 Å². The molecule has 0 saturated heterocycles. The second-order valence-corrected chi connectivity index (χ2v) is 5.06. The first-order chi connectivity index (χ1) is 9.40. The lowest BCUT2D eigenvalue weighted by Gasteiger charge is -2.14. The Morgan fingerprint density at radius 2 is 1.70 bits per heavy atom. The van der Waals surface area contributed by atoms with Crippen molar-refractivity contribution in [3.63, 3.8) is 0 Å². The normalized spacial score (nSPS) is 10.4. The number of ether oxygens (including phenoxy) is 1. The maximum atomic E-state index is 11.5. The SMILES string of the molecule is CC(=O)c1cc(Oc2c(C)ccc(C)c2C)ccc1N. The lowest BCUT2D eigenvalue weighted by molar-refractivity contribution is 0.101. The molecule has 0 unspecified atom stereocenters. The van der Waals surface area contributed by atoms with Gasteiger partial charge >= 0.3 is 0 Å².